The Labute approximate surface area is 114 Å². The molecule has 0 spiro atoms. The number of fused-ring (bicyclic) bond motifs is 1. The lowest BCUT2D eigenvalue weighted by molar-refractivity contribution is -0.116. The van der Waals surface area contributed by atoms with E-state index in [1.807, 2.05) is 13.1 Å². The molecule has 3 N–H and O–H groups in total. The number of carbonyl (C=O) groups is 2. The van der Waals surface area contributed by atoms with Gasteiger partial charge in [0.15, 0.2) is 5.82 Å². The van der Waals surface area contributed by atoms with Crippen LogP contribution in [0.2, 0.25) is 0 Å². The highest BCUT2D eigenvalue weighted by Gasteiger charge is 2.34. The maximum absolute atomic E-state index is 11.9. The van der Waals surface area contributed by atoms with Crippen LogP contribution in [0.25, 0.3) is 0 Å². The number of nitrogens with zero attached hydrogens (tertiary/aromatic N) is 3. The fraction of sp³-hybridized carbons (Fsp3) is 0.333. The van der Waals surface area contributed by atoms with Gasteiger partial charge < -0.3 is 10.6 Å². The summed E-state index contributed by atoms with van der Waals surface area (Å²) in [6.45, 7) is 0. The van der Waals surface area contributed by atoms with Crippen LogP contribution in [0.15, 0.2) is 12.3 Å². The molecule has 0 radical (unpaired) electrons. The zero-order valence-corrected chi connectivity index (χ0v) is 11.1. The zero-order chi connectivity index (χ0) is 14.3. The quantitative estimate of drug-likeness (QED) is 0.715. The van der Waals surface area contributed by atoms with Crippen LogP contribution < -0.4 is 10.6 Å². The summed E-state index contributed by atoms with van der Waals surface area (Å²) in [4.78, 5) is 23.7. The van der Waals surface area contributed by atoms with E-state index in [0.29, 0.717) is 17.1 Å². The largest absolute Gasteiger partial charge is 0.354 e. The van der Waals surface area contributed by atoms with Gasteiger partial charge in [-0.2, -0.15) is 10.2 Å². The van der Waals surface area contributed by atoms with Gasteiger partial charge in [-0.3, -0.25) is 19.4 Å². The average molecular weight is 274 g/mol. The molecule has 0 fully saturated rings. The van der Waals surface area contributed by atoms with Crippen LogP contribution in [-0.4, -0.2) is 38.8 Å². The molecule has 2 amide bonds. The standard InChI is InChI=1S/C12H14N6O2/c1-13-12(20)10-9-6(7-3-4-18(2)17-7)5-8(19)14-11(9)16-15-10/h3-4,6H,5H2,1-2H3,(H,13,20)(H2,14,15,16,19). The first-order valence-electron chi connectivity index (χ1n) is 6.20. The van der Waals surface area contributed by atoms with Crippen LogP contribution in [0, 0.1) is 0 Å². The maximum Gasteiger partial charge on any atom is 0.269 e. The van der Waals surface area contributed by atoms with Gasteiger partial charge in [-0.25, -0.2) is 0 Å². The van der Waals surface area contributed by atoms with Crippen molar-refractivity contribution in [3.63, 3.8) is 0 Å². The van der Waals surface area contributed by atoms with Gasteiger partial charge in [0.2, 0.25) is 5.91 Å². The minimum atomic E-state index is -0.272. The summed E-state index contributed by atoms with van der Waals surface area (Å²) in [7, 11) is 3.36. The number of rotatable bonds is 2. The SMILES string of the molecule is CNC(=O)c1[nH]nc2c1C(c1ccn(C)n1)CC(=O)N2. The van der Waals surface area contributed by atoms with Crippen LogP contribution in [0.1, 0.15) is 34.1 Å². The highest BCUT2D eigenvalue weighted by atomic mass is 16.2. The molecule has 104 valence electrons. The lowest BCUT2D eigenvalue weighted by atomic mass is 9.89. The van der Waals surface area contributed by atoms with Crippen molar-refractivity contribution in [1.82, 2.24) is 25.3 Å². The molecule has 0 saturated heterocycles. The Hall–Kier alpha value is -2.64. The van der Waals surface area contributed by atoms with Crippen molar-refractivity contribution in [3.8, 4) is 0 Å². The molecule has 2 aromatic heterocycles. The number of hydrogen-bond donors (Lipinski definition) is 3. The first-order valence-corrected chi connectivity index (χ1v) is 6.20. The lowest BCUT2D eigenvalue weighted by Crippen LogP contribution is -2.26. The normalized spacial score (nSPS) is 17.5. The molecule has 0 aromatic carbocycles. The third-order valence-corrected chi connectivity index (χ3v) is 3.35. The van der Waals surface area contributed by atoms with Crippen molar-refractivity contribution in [2.75, 3.05) is 12.4 Å². The van der Waals surface area contributed by atoms with Gasteiger partial charge in [-0.05, 0) is 6.07 Å². The number of aromatic nitrogens is 4. The van der Waals surface area contributed by atoms with Crippen LogP contribution in [0.5, 0.6) is 0 Å². The van der Waals surface area contributed by atoms with Crippen LogP contribution in [0.3, 0.4) is 0 Å². The number of hydrogen-bond acceptors (Lipinski definition) is 4. The van der Waals surface area contributed by atoms with Crippen molar-refractivity contribution >= 4 is 17.6 Å². The molecular formula is C12H14N6O2. The Kier molecular flexibility index (Phi) is 2.78. The van der Waals surface area contributed by atoms with Gasteiger partial charge in [0.05, 0.1) is 5.69 Å². The van der Waals surface area contributed by atoms with Gasteiger partial charge in [0.1, 0.15) is 5.69 Å². The predicted octanol–water partition coefficient (Wildman–Crippen LogP) is -0.0231. The van der Waals surface area contributed by atoms with Crippen molar-refractivity contribution in [1.29, 1.82) is 0 Å². The van der Waals surface area contributed by atoms with Gasteiger partial charge in [0.25, 0.3) is 5.91 Å². The highest BCUT2D eigenvalue weighted by Crippen LogP contribution is 2.37. The molecule has 0 saturated carbocycles. The Bertz CT molecular complexity index is 686. The number of aromatic amines is 1. The second kappa shape index (κ2) is 4.48. The van der Waals surface area contributed by atoms with Gasteiger partial charge in [-0.1, -0.05) is 0 Å². The Balaban J connectivity index is 2.12. The molecule has 1 aliphatic heterocycles. The van der Waals surface area contributed by atoms with E-state index >= 15 is 0 Å². The maximum atomic E-state index is 11.9. The van der Waals surface area contributed by atoms with E-state index in [0.717, 1.165) is 5.69 Å². The topological polar surface area (TPSA) is 105 Å². The monoisotopic (exact) mass is 274 g/mol. The molecule has 0 aliphatic carbocycles. The second-order valence-electron chi connectivity index (χ2n) is 4.66. The van der Waals surface area contributed by atoms with E-state index in [4.69, 9.17) is 0 Å². The van der Waals surface area contributed by atoms with E-state index in [-0.39, 0.29) is 24.2 Å². The molecule has 0 bridgehead atoms. The third kappa shape index (κ3) is 1.85. The highest BCUT2D eigenvalue weighted by molar-refractivity contribution is 6.00. The van der Waals surface area contributed by atoms with Crippen molar-refractivity contribution in [3.05, 3.63) is 29.2 Å². The molecule has 8 nitrogen and oxygen atoms in total. The molecule has 1 unspecified atom stereocenters. The molecule has 2 aromatic rings. The van der Waals surface area contributed by atoms with E-state index in [2.05, 4.69) is 25.9 Å². The van der Waals surface area contributed by atoms with Crippen LogP contribution in [0.4, 0.5) is 5.82 Å². The number of anilines is 1. The molecule has 3 heterocycles. The van der Waals surface area contributed by atoms with Crippen molar-refractivity contribution in [2.45, 2.75) is 12.3 Å². The van der Waals surface area contributed by atoms with Crippen LogP contribution >= 0.6 is 0 Å². The summed E-state index contributed by atoms with van der Waals surface area (Å²) in [6.07, 6.45) is 2.05. The van der Waals surface area contributed by atoms with E-state index < -0.39 is 0 Å². The summed E-state index contributed by atoms with van der Waals surface area (Å²) >= 11 is 0. The fourth-order valence-electron chi connectivity index (χ4n) is 2.43. The number of carbonyl (C=O) groups excluding carboxylic acids is 2. The molecular weight excluding hydrogens is 260 g/mol. The molecule has 1 aliphatic rings. The molecule has 3 rings (SSSR count). The third-order valence-electron chi connectivity index (χ3n) is 3.35. The second-order valence-corrected chi connectivity index (χ2v) is 4.66. The molecule has 20 heavy (non-hydrogen) atoms. The average Bonchev–Trinajstić information content (AvgIpc) is 3.03. The zero-order valence-electron chi connectivity index (χ0n) is 11.1. The number of nitrogens with one attached hydrogen (secondary N) is 3. The van der Waals surface area contributed by atoms with E-state index in [9.17, 15) is 9.59 Å². The lowest BCUT2D eigenvalue weighted by Gasteiger charge is -2.21. The van der Waals surface area contributed by atoms with Gasteiger partial charge in [-0.15, -0.1) is 0 Å². The molecule has 1 atom stereocenters. The van der Waals surface area contributed by atoms with E-state index in [1.165, 1.54) is 0 Å². The summed E-state index contributed by atoms with van der Waals surface area (Å²) < 4.78 is 1.67. The fourth-order valence-corrected chi connectivity index (χ4v) is 2.43. The van der Waals surface area contributed by atoms with Crippen LogP contribution in [-0.2, 0) is 11.8 Å². The number of H-pyrrole nitrogens is 1. The Morgan fingerprint density at radius 3 is 3.00 bits per heavy atom. The number of amides is 2. The molecule has 8 heteroatoms. The van der Waals surface area contributed by atoms with E-state index in [1.54, 1.807) is 17.9 Å². The van der Waals surface area contributed by atoms with Gasteiger partial charge >= 0.3 is 0 Å². The number of aryl methyl sites for hydroxylation is 1. The summed E-state index contributed by atoms with van der Waals surface area (Å²) in [5.41, 5.74) is 1.79. The van der Waals surface area contributed by atoms with Crippen molar-refractivity contribution in [2.24, 2.45) is 7.05 Å². The summed E-state index contributed by atoms with van der Waals surface area (Å²) in [6, 6.07) is 1.84. The predicted molar refractivity (Wildman–Crippen MR) is 70.3 cm³/mol. The summed E-state index contributed by atoms with van der Waals surface area (Å²) in [5.74, 6) is -0.277. The first-order chi connectivity index (χ1) is 9.60. The minimum absolute atomic E-state index is 0.136. The smallest absolute Gasteiger partial charge is 0.269 e. The van der Waals surface area contributed by atoms with Gasteiger partial charge in [0, 0.05) is 38.2 Å². The minimum Gasteiger partial charge on any atom is -0.354 e. The summed E-state index contributed by atoms with van der Waals surface area (Å²) in [5, 5.41) is 16.3. The Morgan fingerprint density at radius 1 is 1.55 bits per heavy atom. The van der Waals surface area contributed by atoms with Crippen molar-refractivity contribution < 1.29 is 9.59 Å². The first kappa shape index (κ1) is 12.4. The Morgan fingerprint density at radius 2 is 2.35 bits per heavy atom.